The Morgan fingerprint density at radius 3 is 2.64 bits per heavy atom. The third kappa shape index (κ3) is 4.09. The number of amides is 2. The third-order valence-electron chi connectivity index (χ3n) is 5.11. The highest BCUT2D eigenvalue weighted by molar-refractivity contribution is 5.81. The van der Waals surface area contributed by atoms with Crippen LogP contribution in [0, 0.1) is 6.92 Å². The summed E-state index contributed by atoms with van der Waals surface area (Å²) in [4.78, 5) is 28.4. The van der Waals surface area contributed by atoms with Gasteiger partial charge < -0.3 is 14.5 Å². The first-order valence-electron chi connectivity index (χ1n) is 9.34. The molecule has 0 fully saturated rings. The van der Waals surface area contributed by atoms with Gasteiger partial charge in [0.05, 0.1) is 19.6 Å². The van der Waals surface area contributed by atoms with Crippen LogP contribution < -0.4 is 4.74 Å². The summed E-state index contributed by atoms with van der Waals surface area (Å²) < 4.78 is 5.43. The van der Waals surface area contributed by atoms with Gasteiger partial charge in [-0.25, -0.2) is 0 Å². The highest BCUT2D eigenvalue weighted by atomic mass is 16.5. The lowest BCUT2D eigenvalue weighted by atomic mass is 9.93. The molecular weight excluding hydrogens is 352 g/mol. The Kier molecular flexibility index (Phi) is 5.83. The average Bonchev–Trinajstić information content (AvgIpc) is 2.68. The Morgan fingerprint density at radius 2 is 1.93 bits per heavy atom. The smallest absolute Gasteiger partial charge is 0.225 e. The zero-order valence-electron chi connectivity index (χ0n) is 16.8. The van der Waals surface area contributed by atoms with Gasteiger partial charge in [-0.2, -0.15) is 0 Å². The Balaban J connectivity index is 1.80. The van der Waals surface area contributed by atoms with E-state index in [0.29, 0.717) is 6.54 Å². The molecule has 2 aromatic carbocycles. The van der Waals surface area contributed by atoms with E-state index in [9.17, 15) is 9.59 Å². The topological polar surface area (TPSA) is 49.9 Å². The molecule has 0 unspecified atom stereocenters. The van der Waals surface area contributed by atoms with Crippen molar-refractivity contribution in [3.63, 3.8) is 0 Å². The number of hydrogen-bond donors (Lipinski definition) is 0. The number of benzene rings is 2. The van der Waals surface area contributed by atoms with Crippen LogP contribution in [0.1, 0.15) is 41.6 Å². The van der Waals surface area contributed by atoms with Gasteiger partial charge in [-0.15, -0.1) is 0 Å². The van der Waals surface area contributed by atoms with Crippen LogP contribution >= 0.6 is 0 Å². The number of carbonyl (C=O) groups excluding carboxylic acids is 2. The first-order valence-corrected chi connectivity index (χ1v) is 9.34. The van der Waals surface area contributed by atoms with Gasteiger partial charge in [-0.05, 0) is 30.2 Å². The minimum atomic E-state index is -0.298. The van der Waals surface area contributed by atoms with Crippen molar-refractivity contribution in [2.24, 2.45) is 0 Å². The molecule has 0 saturated heterocycles. The quantitative estimate of drug-likeness (QED) is 0.792. The zero-order chi connectivity index (χ0) is 20.3. The second kappa shape index (κ2) is 8.30. The van der Waals surface area contributed by atoms with Crippen molar-refractivity contribution in [1.82, 2.24) is 9.80 Å². The first kappa shape index (κ1) is 19.7. The van der Waals surface area contributed by atoms with Crippen molar-refractivity contribution in [1.29, 1.82) is 0 Å². The van der Waals surface area contributed by atoms with Crippen molar-refractivity contribution >= 4 is 17.9 Å². The largest absolute Gasteiger partial charge is 0.496 e. The van der Waals surface area contributed by atoms with Gasteiger partial charge in [-0.1, -0.05) is 42.0 Å². The maximum absolute atomic E-state index is 13.0. The van der Waals surface area contributed by atoms with Crippen LogP contribution in [0.2, 0.25) is 0 Å². The van der Waals surface area contributed by atoms with Gasteiger partial charge in [0, 0.05) is 32.3 Å². The molecule has 0 saturated carbocycles. The Labute approximate surface area is 166 Å². The standard InChI is InChI=1S/C23H26N2O3/c1-16-9-10-22(28-4)19(13-16)15-24(3)23(27)14-21-20-8-6-5-7-18(20)11-12-25(21)17(2)26/h5-13,21H,14-15H2,1-4H3/t21-/m0/s1. The van der Waals surface area contributed by atoms with Crippen LogP contribution in [0.3, 0.4) is 0 Å². The van der Waals surface area contributed by atoms with E-state index in [1.54, 1.807) is 30.2 Å². The van der Waals surface area contributed by atoms with Gasteiger partial charge in [0.15, 0.2) is 0 Å². The SMILES string of the molecule is COc1ccc(C)cc1CN(C)C(=O)C[C@H]1c2ccccc2C=CN1C(C)=O. The fourth-order valence-corrected chi connectivity index (χ4v) is 3.61. The minimum absolute atomic E-state index is 0.0232. The van der Waals surface area contributed by atoms with Crippen LogP contribution in [0.25, 0.3) is 6.08 Å². The second-order valence-electron chi connectivity index (χ2n) is 7.16. The van der Waals surface area contributed by atoms with E-state index in [0.717, 1.165) is 28.0 Å². The molecule has 3 rings (SSSR count). The molecule has 5 nitrogen and oxygen atoms in total. The number of nitrogens with zero attached hydrogens (tertiary/aromatic N) is 2. The normalized spacial score (nSPS) is 15.1. The highest BCUT2D eigenvalue weighted by Crippen LogP contribution is 2.33. The highest BCUT2D eigenvalue weighted by Gasteiger charge is 2.29. The molecule has 28 heavy (non-hydrogen) atoms. The van der Waals surface area contributed by atoms with Crippen molar-refractivity contribution < 1.29 is 14.3 Å². The van der Waals surface area contributed by atoms with E-state index >= 15 is 0 Å². The van der Waals surface area contributed by atoms with Gasteiger partial charge >= 0.3 is 0 Å². The number of rotatable bonds is 5. The fourth-order valence-electron chi connectivity index (χ4n) is 3.61. The molecule has 1 atom stereocenters. The number of carbonyl (C=O) groups is 2. The molecule has 1 aliphatic heterocycles. The van der Waals surface area contributed by atoms with Crippen LogP contribution in [0.5, 0.6) is 5.75 Å². The lowest BCUT2D eigenvalue weighted by Crippen LogP contribution is -2.35. The third-order valence-corrected chi connectivity index (χ3v) is 5.11. The van der Waals surface area contributed by atoms with Gasteiger partial charge in [0.25, 0.3) is 0 Å². The van der Waals surface area contributed by atoms with Crippen LogP contribution in [-0.4, -0.2) is 35.8 Å². The van der Waals surface area contributed by atoms with Crippen molar-refractivity contribution in [2.75, 3.05) is 14.2 Å². The fraction of sp³-hybridized carbons (Fsp3) is 0.304. The summed E-state index contributed by atoms with van der Waals surface area (Å²) in [7, 11) is 3.42. The van der Waals surface area contributed by atoms with Gasteiger partial charge in [-0.3, -0.25) is 9.59 Å². The summed E-state index contributed by atoms with van der Waals surface area (Å²) in [6.07, 6.45) is 3.91. The summed E-state index contributed by atoms with van der Waals surface area (Å²) in [6.45, 7) is 3.99. The molecule has 0 N–H and O–H groups in total. The monoisotopic (exact) mass is 378 g/mol. The molecule has 1 aliphatic rings. The second-order valence-corrected chi connectivity index (χ2v) is 7.16. The molecule has 0 bridgehead atoms. The van der Waals surface area contributed by atoms with Crippen molar-refractivity contribution in [3.8, 4) is 5.75 Å². The number of fused-ring (bicyclic) bond motifs is 1. The Bertz CT molecular complexity index is 920. The van der Waals surface area contributed by atoms with Crippen molar-refractivity contribution in [2.45, 2.75) is 32.9 Å². The van der Waals surface area contributed by atoms with E-state index in [4.69, 9.17) is 4.74 Å². The average molecular weight is 378 g/mol. The number of ether oxygens (including phenoxy) is 1. The summed E-state index contributed by atoms with van der Waals surface area (Å²) in [5.74, 6) is 0.665. The van der Waals surface area contributed by atoms with E-state index in [-0.39, 0.29) is 24.3 Å². The van der Waals surface area contributed by atoms with E-state index < -0.39 is 0 Å². The predicted molar refractivity (Wildman–Crippen MR) is 110 cm³/mol. The van der Waals surface area contributed by atoms with Crippen LogP contribution in [0.15, 0.2) is 48.7 Å². The van der Waals surface area contributed by atoms with Crippen LogP contribution in [0.4, 0.5) is 0 Å². The molecule has 1 heterocycles. The van der Waals surface area contributed by atoms with E-state index in [1.807, 2.05) is 55.5 Å². The predicted octanol–water partition coefficient (Wildman–Crippen LogP) is 3.93. The lowest BCUT2D eigenvalue weighted by molar-refractivity contribution is -0.134. The van der Waals surface area contributed by atoms with Gasteiger partial charge in [0.2, 0.25) is 11.8 Å². The molecule has 146 valence electrons. The summed E-state index contributed by atoms with van der Waals surface area (Å²) >= 11 is 0. The molecule has 0 aliphatic carbocycles. The number of aryl methyl sites for hydroxylation is 1. The Morgan fingerprint density at radius 1 is 1.18 bits per heavy atom. The summed E-state index contributed by atoms with van der Waals surface area (Å²) in [5, 5.41) is 0. The van der Waals surface area contributed by atoms with Gasteiger partial charge in [0.1, 0.15) is 5.75 Å². The van der Waals surface area contributed by atoms with E-state index in [2.05, 4.69) is 0 Å². The molecule has 0 spiro atoms. The maximum atomic E-state index is 13.0. The molecule has 2 amide bonds. The molecule has 5 heteroatoms. The first-order chi connectivity index (χ1) is 13.4. The minimum Gasteiger partial charge on any atom is -0.496 e. The summed E-state index contributed by atoms with van der Waals surface area (Å²) in [5.41, 5.74) is 4.12. The molecule has 0 radical (unpaired) electrons. The molecule has 2 aromatic rings. The number of hydrogen-bond acceptors (Lipinski definition) is 3. The Hall–Kier alpha value is -3.08. The van der Waals surface area contributed by atoms with Crippen LogP contribution in [-0.2, 0) is 16.1 Å². The molecular formula is C23H26N2O3. The molecule has 0 aromatic heterocycles. The van der Waals surface area contributed by atoms with E-state index in [1.165, 1.54) is 6.92 Å². The van der Waals surface area contributed by atoms with Crippen molar-refractivity contribution in [3.05, 3.63) is 70.9 Å². The maximum Gasteiger partial charge on any atom is 0.225 e. The number of methoxy groups -OCH3 is 1. The lowest BCUT2D eigenvalue weighted by Gasteiger charge is -2.33. The zero-order valence-corrected chi connectivity index (χ0v) is 16.8. The summed E-state index contributed by atoms with van der Waals surface area (Å²) in [6, 6.07) is 13.5.